The second kappa shape index (κ2) is 8.29. The SMILES string of the molecule is CCCCNC(=NC)NCCCn1cnc2ccccc21. The number of guanidine groups is 1. The molecule has 0 radical (unpaired) electrons. The minimum Gasteiger partial charge on any atom is -0.356 e. The molecule has 0 aliphatic heterocycles. The molecule has 5 heteroatoms. The Bertz CT molecular complexity index is 573. The smallest absolute Gasteiger partial charge is 0.190 e. The Morgan fingerprint density at radius 3 is 2.71 bits per heavy atom. The maximum Gasteiger partial charge on any atom is 0.190 e. The summed E-state index contributed by atoms with van der Waals surface area (Å²) in [4.78, 5) is 8.62. The van der Waals surface area contributed by atoms with Crippen LogP contribution in [0.5, 0.6) is 0 Å². The number of nitrogens with one attached hydrogen (secondary N) is 2. The van der Waals surface area contributed by atoms with Crippen LogP contribution in [-0.2, 0) is 6.54 Å². The Morgan fingerprint density at radius 2 is 1.95 bits per heavy atom. The number of rotatable bonds is 7. The van der Waals surface area contributed by atoms with Crippen molar-refractivity contribution in [3.63, 3.8) is 0 Å². The number of para-hydroxylation sites is 2. The van der Waals surface area contributed by atoms with Gasteiger partial charge in [0.25, 0.3) is 0 Å². The van der Waals surface area contributed by atoms with Crippen molar-refractivity contribution in [1.82, 2.24) is 20.2 Å². The molecule has 0 fully saturated rings. The standard InChI is InChI=1S/C16H25N5/c1-3-4-10-18-16(17-2)19-11-7-12-21-13-20-14-8-5-6-9-15(14)21/h5-6,8-9,13H,3-4,7,10-12H2,1-2H3,(H2,17,18,19). The number of hydrogen-bond donors (Lipinski definition) is 2. The highest BCUT2D eigenvalue weighted by molar-refractivity contribution is 5.79. The van der Waals surface area contributed by atoms with E-state index >= 15 is 0 Å². The van der Waals surface area contributed by atoms with Crippen LogP contribution in [0.25, 0.3) is 11.0 Å². The molecule has 0 saturated carbocycles. The number of nitrogens with zero attached hydrogens (tertiary/aromatic N) is 3. The van der Waals surface area contributed by atoms with E-state index in [9.17, 15) is 0 Å². The van der Waals surface area contributed by atoms with Crippen molar-refractivity contribution in [2.75, 3.05) is 20.1 Å². The quantitative estimate of drug-likeness (QED) is 0.467. The molecule has 0 saturated heterocycles. The van der Waals surface area contributed by atoms with Gasteiger partial charge in [-0.1, -0.05) is 25.5 Å². The predicted molar refractivity (Wildman–Crippen MR) is 88.6 cm³/mol. The topological polar surface area (TPSA) is 54.2 Å². The molecule has 2 N–H and O–H groups in total. The summed E-state index contributed by atoms with van der Waals surface area (Å²) in [5.74, 6) is 0.888. The summed E-state index contributed by atoms with van der Waals surface area (Å²) in [5, 5.41) is 6.66. The average molecular weight is 287 g/mol. The van der Waals surface area contributed by atoms with E-state index in [0.717, 1.165) is 37.5 Å². The van der Waals surface area contributed by atoms with Crippen LogP contribution in [0.15, 0.2) is 35.6 Å². The molecule has 0 aliphatic rings. The number of aliphatic imine (C=N–C) groups is 1. The summed E-state index contributed by atoms with van der Waals surface area (Å²) in [5.41, 5.74) is 2.26. The zero-order valence-corrected chi connectivity index (χ0v) is 13.0. The first-order valence-corrected chi connectivity index (χ1v) is 7.69. The number of unbranched alkanes of at least 4 members (excludes halogenated alkanes) is 1. The highest BCUT2D eigenvalue weighted by atomic mass is 15.2. The van der Waals surface area contributed by atoms with Gasteiger partial charge in [0, 0.05) is 26.7 Å². The lowest BCUT2D eigenvalue weighted by molar-refractivity contribution is 0.634. The van der Waals surface area contributed by atoms with Crippen molar-refractivity contribution in [2.24, 2.45) is 4.99 Å². The van der Waals surface area contributed by atoms with Crippen LogP contribution >= 0.6 is 0 Å². The first kappa shape index (κ1) is 15.4. The molecule has 0 spiro atoms. The molecule has 5 nitrogen and oxygen atoms in total. The summed E-state index contributed by atoms with van der Waals surface area (Å²) in [7, 11) is 1.81. The van der Waals surface area contributed by atoms with Crippen LogP contribution in [0.4, 0.5) is 0 Å². The maximum absolute atomic E-state index is 4.41. The van der Waals surface area contributed by atoms with Crippen molar-refractivity contribution in [1.29, 1.82) is 0 Å². The van der Waals surface area contributed by atoms with Gasteiger partial charge in [-0.15, -0.1) is 0 Å². The van der Waals surface area contributed by atoms with Gasteiger partial charge >= 0.3 is 0 Å². The Hall–Kier alpha value is -2.04. The monoisotopic (exact) mass is 287 g/mol. The van der Waals surface area contributed by atoms with Gasteiger partial charge in [0.1, 0.15) is 0 Å². The molecular formula is C16H25N5. The third-order valence-corrected chi connectivity index (χ3v) is 3.44. The average Bonchev–Trinajstić information content (AvgIpc) is 2.93. The molecule has 114 valence electrons. The number of aromatic nitrogens is 2. The van der Waals surface area contributed by atoms with E-state index < -0.39 is 0 Å². The van der Waals surface area contributed by atoms with E-state index in [1.54, 1.807) is 0 Å². The van der Waals surface area contributed by atoms with E-state index in [0.29, 0.717) is 0 Å². The maximum atomic E-state index is 4.41. The van der Waals surface area contributed by atoms with Crippen molar-refractivity contribution >= 4 is 17.0 Å². The molecule has 0 amide bonds. The fourth-order valence-electron chi connectivity index (χ4n) is 2.25. The van der Waals surface area contributed by atoms with Gasteiger partial charge in [0.2, 0.25) is 0 Å². The van der Waals surface area contributed by atoms with E-state index in [1.807, 2.05) is 25.5 Å². The number of fused-ring (bicyclic) bond motifs is 1. The van der Waals surface area contributed by atoms with Gasteiger partial charge in [-0.3, -0.25) is 4.99 Å². The van der Waals surface area contributed by atoms with E-state index in [1.165, 1.54) is 18.4 Å². The Morgan fingerprint density at radius 1 is 1.19 bits per heavy atom. The third kappa shape index (κ3) is 4.48. The van der Waals surface area contributed by atoms with Crippen LogP contribution in [0.2, 0.25) is 0 Å². The summed E-state index contributed by atoms with van der Waals surface area (Å²) in [6.45, 7) is 5.02. The summed E-state index contributed by atoms with van der Waals surface area (Å²) >= 11 is 0. The van der Waals surface area contributed by atoms with Crippen LogP contribution in [0, 0.1) is 0 Å². The molecule has 0 bridgehead atoms. The van der Waals surface area contributed by atoms with E-state index in [4.69, 9.17) is 0 Å². The lowest BCUT2D eigenvalue weighted by Crippen LogP contribution is -2.38. The van der Waals surface area contributed by atoms with Gasteiger partial charge in [-0.2, -0.15) is 0 Å². The lowest BCUT2D eigenvalue weighted by atomic mass is 10.3. The molecular weight excluding hydrogens is 262 g/mol. The van der Waals surface area contributed by atoms with E-state index in [2.05, 4.69) is 44.2 Å². The lowest BCUT2D eigenvalue weighted by Gasteiger charge is -2.11. The largest absolute Gasteiger partial charge is 0.356 e. The fourth-order valence-corrected chi connectivity index (χ4v) is 2.25. The Kier molecular flexibility index (Phi) is 6.06. The highest BCUT2D eigenvalue weighted by Crippen LogP contribution is 2.11. The molecule has 0 atom stereocenters. The molecule has 1 heterocycles. The summed E-state index contributed by atoms with van der Waals surface area (Å²) in [6.07, 6.45) is 5.31. The summed E-state index contributed by atoms with van der Waals surface area (Å²) < 4.78 is 2.20. The van der Waals surface area contributed by atoms with Gasteiger partial charge in [0.05, 0.1) is 17.4 Å². The summed E-state index contributed by atoms with van der Waals surface area (Å²) in [6, 6.07) is 8.23. The first-order valence-electron chi connectivity index (χ1n) is 7.69. The molecule has 2 rings (SSSR count). The van der Waals surface area contributed by atoms with Crippen molar-refractivity contribution in [2.45, 2.75) is 32.7 Å². The Labute approximate surface area is 126 Å². The number of imidazole rings is 1. The minimum absolute atomic E-state index is 0.888. The third-order valence-electron chi connectivity index (χ3n) is 3.44. The zero-order chi connectivity index (χ0) is 14.9. The number of aryl methyl sites for hydroxylation is 1. The normalized spacial score (nSPS) is 11.8. The zero-order valence-electron chi connectivity index (χ0n) is 13.0. The van der Waals surface area contributed by atoms with Gasteiger partial charge in [0.15, 0.2) is 5.96 Å². The number of benzene rings is 1. The second-order valence-corrected chi connectivity index (χ2v) is 5.06. The van der Waals surface area contributed by atoms with Gasteiger partial charge in [-0.25, -0.2) is 4.98 Å². The molecule has 0 aliphatic carbocycles. The minimum atomic E-state index is 0.888. The second-order valence-electron chi connectivity index (χ2n) is 5.06. The van der Waals surface area contributed by atoms with Crippen molar-refractivity contribution < 1.29 is 0 Å². The number of hydrogen-bond acceptors (Lipinski definition) is 2. The molecule has 2 aromatic rings. The van der Waals surface area contributed by atoms with Crippen LogP contribution in [0.3, 0.4) is 0 Å². The van der Waals surface area contributed by atoms with Gasteiger partial charge in [-0.05, 0) is 25.0 Å². The first-order chi connectivity index (χ1) is 10.3. The molecule has 0 unspecified atom stereocenters. The van der Waals surface area contributed by atoms with Crippen LogP contribution in [-0.4, -0.2) is 35.6 Å². The highest BCUT2D eigenvalue weighted by Gasteiger charge is 2.01. The molecule has 21 heavy (non-hydrogen) atoms. The van der Waals surface area contributed by atoms with E-state index in [-0.39, 0.29) is 0 Å². The van der Waals surface area contributed by atoms with Crippen molar-refractivity contribution in [3.05, 3.63) is 30.6 Å². The Balaban J connectivity index is 1.74. The molecule has 1 aromatic heterocycles. The van der Waals surface area contributed by atoms with Crippen LogP contribution in [0.1, 0.15) is 26.2 Å². The molecule has 1 aromatic carbocycles. The predicted octanol–water partition coefficient (Wildman–Crippen LogP) is 2.39. The van der Waals surface area contributed by atoms with Crippen LogP contribution < -0.4 is 10.6 Å². The van der Waals surface area contributed by atoms with Crippen molar-refractivity contribution in [3.8, 4) is 0 Å². The van der Waals surface area contributed by atoms with Gasteiger partial charge < -0.3 is 15.2 Å². The fraction of sp³-hybridized carbons (Fsp3) is 0.500.